The van der Waals surface area contributed by atoms with Crippen molar-refractivity contribution in [3.63, 3.8) is 0 Å². The molecular formula is C22H29N3O5. The number of hydrogen-bond acceptors (Lipinski definition) is 7. The van der Waals surface area contributed by atoms with Crippen LogP contribution >= 0.6 is 0 Å². The summed E-state index contributed by atoms with van der Waals surface area (Å²) in [5, 5.41) is 11.9. The Bertz CT molecular complexity index is 797. The van der Waals surface area contributed by atoms with Gasteiger partial charge in [-0.05, 0) is 50.3 Å². The molecule has 1 amide bonds. The molecule has 3 rings (SSSR count). The number of oxime groups is 1. The highest BCUT2D eigenvalue weighted by molar-refractivity contribution is 6.04. The molecule has 2 aliphatic heterocycles. The zero-order chi connectivity index (χ0) is 21.5. The summed E-state index contributed by atoms with van der Waals surface area (Å²) in [5.41, 5.74) is 2.28. The van der Waals surface area contributed by atoms with Crippen LogP contribution in [0.3, 0.4) is 0 Å². The molecule has 1 fully saturated rings. The molecule has 1 unspecified atom stereocenters. The van der Waals surface area contributed by atoms with Gasteiger partial charge in [0.1, 0.15) is 0 Å². The number of nitrogens with one attached hydrogen (secondary N) is 1. The van der Waals surface area contributed by atoms with Crippen molar-refractivity contribution in [1.29, 1.82) is 5.41 Å². The minimum atomic E-state index is -0.608. The monoisotopic (exact) mass is 415 g/mol. The Morgan fingerprint density at radius 3 is 2.43 bits per heavy atom. The third-order valence-corrected chi connectivity index (χ3v) is 5.40. The summed E-state index contributed by atoms with van der Waals surface area (Å²) in [7, 11) is 0. The van der Waals surface area contributed by atoms with Crippen LogP contribution in [0.2, 0.25) is 0 Å². The summed E-state index contributed by atoms with van der Waals surface area (Å²) in [6, 6.07) is 7.33. The van der Waals surface area contributed by atoms with E-state index < -0.39 is 6.10 Å². The van der Waals surface area contributed by atoms with Gasteiger partial charge in [0.25, 0.3) is 5.91 Å². The van der Waals surface area contributed by atoms with Crippen molar-refractivity contribution < 1.29 is 23.9 Å². The van der Waals surface area contributed by atoms with Crippen molar-refractivity contribution in [2.45, 2.75) is 45.6 Å². The van der Waals surface area contributed by atoms with Crippen LogP contribution in [0.1, 0.15) is 50.7 Å². The molecule has 0 spiro atoms. The molecule has 0 saturated carbocycles. The van der Waals surface area contributed by atoms with E-state index in [1.165, 1.54) is 0 Å². The maximum absolute atomic E-state index is 12.8. The van der Waals surface area contributed by atoms with Gasteiger partial charge in [0.15, 0.2) is 0 Å². The van der Waals surface area contributed by atoms with Crippen molar-refractivity contribution in [2.24, 2.45) is 11.1 Å². The summed E-state index contributed by atoms with van der Waals surface area (Å²) < 4.78 is 10.2. The zero-order valence-corrected chi connectivity index (χ0v) is 17.6. The lowest BCUT2D eigenvalue weighted by Gasteiger charge is -2.32. The maximum Gasteiger partial charge on any atom is 0.306 e. The highest BCUT2D eigenvalue weighted by atomic mass is 16.6. The lowest BCUT2D eigenvalue weighted by molar-refractivity contribution is -0.146. The molecule has 2 heterocycles. The van der Waals surface area contributed by atoms with E-state index in [-0.39, 0.29) is 23.7 Å². The van der Waals surface area contributed by atoms with Gasteiger partial charge < -0.3 is 19.2 Å². The van der Waals surface area contributed by atoms with Crippen LogP contribution in [-0.4, -0.2) is 60.8 Å². The van der Waals surface area contributed by atoms with Gasteiger partial charge in [-0.15, -0.1) is 0 Å². The Labute approximate surface area is 176 Å². The number of rotatable bonds is 7. The first-order valence-corrected chi connectivity index (χ1v) is 10.5. The minimum Gasteiger partial charge on any atom is -0.478 e. The third kappa shape index (κ3) is 5.37. The average Bonchev–Trinajstić information content (AvgIpc) is 3.24. The van der Waals surface area contributed by atoms with Crippen LogP contribution in [0.15, 0.2) is 29.4 Å². The number of esters is 1. The fourth-order valence-corrected chi connectivity index (χ4v) is 3.74. The SMILES string of the molecule is CCOC(=N)c1ccc(C2=NOC(C(=O)N3CCC(CC(=O)OCC)CC3)C2)cc1. The van der Waals surface area contributed by atoms with E-state index in [0.717, 1.165) is 24.1 Å². The quantitative estimate of drug-likeness (QED) is 0.419. The van der Waals surface area contributed by atoms with Crippen LogP contribution in [-0.2, 0) is 23.9 Å². The predicted octanol–water partition coefficient (Wildman–Crippen LogP) is 2.73. The molecule has 1 atom stereocenters. The van der Waals surface area contributed by atoms with E-state index in [1.807, 2.05) is 19.1 Å². The van der Waals surface area contributed by atoms with Crippen molar-refractivity contribution in [3.05, 3.63) is 35.4 Å². The molecular weight excluding hydrogens is 386 g/mol. The first-order valence-electron chi connectivity index (χ1n) is 10.5. The van der Waals surface area contributed by atoms with Gasteiger partial charge in [0.05, 0.1) is 18.9 Å². The van der Waals surface area contributed by atoms with Crippen molar-refractivity contribution in [1.82, 2.24) is 4.90 Å². The van der Waals surface area contributed by atoms with Crippen molar-refractivity contribution in [2.75, 3.05) is 26.3 Å². The molecule has 0 radical (unpaired) electrons. The molecule has 1 aromatic carbocycles. The van der Waals surface area contributed by atoms with E-state index in [0.29, 0.717) is 44.7 Å². The van der Waals surface area contributed by atoms with Gasteiger partial charge in [-0.25, -0.2) is 0 Å². The molecule has 8 nitrogen and oxygen atoms in total. The van der Waals surface area contributed by atoms with Crippen LogP contribution < -0.4 is 0 Å². The highest BCUT2D eigenvalue weighted by Crippen LogP contribution is 2.24. The number of nitrogens with zero attached hydrogens (tertiary/aromatic N) is 2. The van der Waals surface area contributed by atoms with E-state index in [2.05, 4.69) is 5.16 Å². The Hall–Kier alpha value is -2.90. The summed E-state index contributed by atoms with van der Waals surface area (Å²) in [6.07, 6.45) is 1.81. The normalized spacial score (nSPS) is 19.1. The molecule has 30 heavy (non-hydrogen) atoms. The standard InChI is InChI=1S/C22H29N3O5/c1-3-28-20(26)13-15-9-11-25(12-10-15)22(27)19-14-18(24-30-19)16-5-7-17(8-6-16)21(23)29-4-2/h5-8,15,19,23H,3-4,9-14H2,1-2H3. The summed E-state index contributed by atoms with van der Waals surface area (Å²) in [4.78, 5) is 31.7. The molecule has 8 heteroatoms. The summed E-state index contributed by atoms with van der Waals surface area (Å²) in [6.45, 7) is 5.73. The number of amides is 1. The van der Waals surface area contributed by atoms with E-state index >= 15 is 0 Å². The highest BCUT2D eigenvalue weighted by Gasteiger charge is 2.34. The second-order valence-corrected chi connectivity index (χ2v) is 7.45. The molecule has 0 bridgehead atoms. The average molecular weight is 415 g/mol. The van der Waals surface area contributed by atoms with Crippen molar-refractivity contribution >= 4 is 23.5 Å². The fourth-order valence-electron chi connectivity index (χ4n) is 3.74. The number of piperidine rings is 1. The van der Waals surface area contributed by atoms with Crippen molar-refractivity contribution in [3.8, 4) is 0 Å². The van der Waals surface area contributed by atoms with Crippen LogP contribution in [0.4, 0.5) is 0 Å². The Kier molecular flexibility index (Phi) is 7.43. The summed E-state index contributed by atoms with van der Waals surface area (Å²) >= 11 is 0. The zero-order valence-electron chi connectivity index (χ0n) is 17.6. The molecule has 0 aliphatic carbocycles. The Balaban J connectivity index is 1.48. The molecule has 1 saturated heterocycles. The smallest absolute Gasteiger partial charge is 0.306 e. The molecule has 1 aromatic rings. The summed E-state index contributed by atoms with van der Waals surface area (Å²) in [5.74, 6) is 0.173. The van der Waals surface area contributed by atoms with E-state index in [1.54, 1.807) is 24.0 Å². The Morgan fingerprint density at radius 1 is 1.13 bits per heavy atom. The molecule has 162 valence electrons. The lowest BCUT2D eigenvalue weighted by atomic mass is 9.93. The van der Waals surface area contributed by atoms with Gasteiger partial charge in [-0.2, -0.15) is 0 Å². The lowest BCUT2D eigenvalue weighted by Crippen LogP contribution is -2.44. The van der Waals surface area contributed by atoms with Gasteiger partial charge in [0.2, 0.25) is 12.0 Å². The maximum atomic E-state index is 12.8. The minimum absolute atomic E-state index is 0.0573. The number of carbonyl (C=O) groups excluding carboxylic acids is 2. The van der Waals surface area contributed by atoms with Crippen LogP contribution in [0.25, 0.3) is 0 Å². The largest absolute Gasteiger partial charge is 0.478 e. The van der Waals surface area contributed by atoms with E-state index in [4.69, 9.17) is 19.7 Å². The number of carbonyl (C=O) groups is 2. The van der Waals surface area contributed by atoms with Gasteiger partial charge >= 0.3 is 5.97 Å². The number of benzene rings is 1. The number of likely N-dealkylation sites (tertiary alicyclic amines) is 1. The topological polar surface area (TPSA) is 101 Å². The van der Waals surface area contributed by atoms with Gasteiger partial charge in [-0.1, -0.05) is 17.3 Å². The first kappa shape index (κ1) is 21.8. The van der Waals surface area contributed by atoms with Crippen LogP contribution in [0, 0.1) is 11.3 Å². The predicted molar refractivity (Wildman–Crippen MR) is 111 cm³/mol. The molecule has 2 aliphatic rings. The van der Waals surface area contributed by atoms with E-state index in [9.17, 15) is 9.59 Å². The second-order valence-electron chi connectivity index (χ2n) is 7.45. The number of hydrogen-bond donors (Lipinski definition) is 1. The second kappa shape index (κ2) is 10.2. The fraction of sp³-hybridized carbons (Fsp3) is 0.545. The third-order valence-electron chi connectivity index (χ3n) is 5.40. The Morgan fingerprint density at radius 2 is 1.80 bits per heavy atom. The molecule has 1 N–H and O–H groups in total. The number of ether oxygens (including phenoxy) is 2. The van der Waals surface area contributed by atoms with Crippen LogP contribution in [0.5, 0.6) is 0 Å². The first-order chi connectivity index (χ1) is 14.5. The van der Waals surface area contributed by atoms with Gasteiger partial charge in [0, 0.05) is 31.5 Å². The van der Waals surface area contributed by atoms with Gasteiger partial charge in [-0.3, -0.25) is 15.0 Å². The molecule has 0 aromatic heterocycles.